The van der Waals surface area contributed by atoms with Crippen molar-refractivity contribution in [1.29, 1.82) is 0 Å². The number of carbonyl (C=O) groups excluding carboxylic acids is 1. The molecule has 2 rings (SSSR count). The first-order valence-corrected chi connectivity index (χ1v) is 6.79. The fourth-order valence-electron chi connectivity index (χ4n) is 1.74. The Hall–Kier alpha value is -1.89. The van der Waals surface area contributed by atoms with Crippen LogP contribution in [0.3, 0.4) is 0 Å². The Morgan fingerprint density at radius 2 is 2.20 bits per heavy atom. The number of H-pyrrole nitrogens is 1. The van der Waals surface area contributed by atoms with Gasteiger partial charge in [0, 0.05) is 5.69 Å². The third-order valence-corrected chi connectivity index (χ3v) is 3.41. The fourth-order valence-corrected chi connectivity index (χ4v) is 2.12. The topological polar surface area (TPSA) is 83.8 Å². The summed E-state index contributed by atoms with van der Waals surface area (Å²) in [5.74, 6) is -0.697. The second-order valence-corrected chi connectivity index (χ2v) is 5.49. The Bertz CT molecular complexity index is 654. The lowest BCUT2D eigenvalue weighted by molar-refractivity contribution is 0.102. The molecule has 5 nitrogen and oxygen atoms in total. The van der Waals surface area contributed by atoms with Gasteiger partial charge in [0.15, 0.2) is 5.69 Å². The molecule has 4 N–H and O–H groups in total. The molecule has 0 saturated heterocycles. The summed E-state index contributed by atoms with van der Waals surface area (Å²) in [6.07, 6.45) is 0. The lowest BCUT2D eigenvalue weighted by atomic mass is 10.1. The highest BCUT2D eigenvalue weighted by Gasteiger charge is 2.19. The molecule has 1 aromatic heterocycles. The zero-order valence-corrected chi connectivity index (χ0v) is 12.6. The number of aromatic nitrogens is 2. The molecule has 0 aliphatic carbocycles. The Kier molecular flexibility index (Phi) is 4.08. The van der Waals surface area contributed by atoms with E-state index in [4.69, 9.17) is 5.73 Å². The molecule has 0 atom stereocenters. The number of nitrogens with two attached hydrogens (primary N) is 1. The number of nitrogen functional groups attached to an aromatic ring is 1. The van der Waals surface area contributed by atoms with E-state index in [0.29, 0.717) is 11.4 Å². The van der Waals surface area contributed by atoms with E-state index >= 15 is 0 Å². The number of amides is 1. The molecule has 0 radical (unpaired) electrons. The molecule has 20 heavy (non-hydrogen) atoms. The van der Waals surface area contributed by atoms with Crippen molar-refractivity contribution < 1.29 is 9.18 Å². The smallest absolute Gasteiger partial charge is 0.278 e. The lowest BCUT2D eigenvalue weighted by Crippen LogP contribution is -2.14. The maximum atomic E-state index is 13.1. The predicted molar refractivity (Wildman–Crippen MR) is 79.1 cm³/mol. The van der Waals surface area contributed by atoms with Gasteiger partial charge in [-0.3, -0.25) is 9.89 Å². The number of hydrogen-bond donors (Lipinski definition) is 3. The van der Waals surface area contributed by atoms with Crippen molar-refractivity contribution in [1.82, 2.24) is 10.2 Å². The van der Waals surface area contributed by atoms with Gasteiger partial charge in [-0.1, -0.05) is 13.8 Å². The SMILES string of the molecule is CC(C)c1[nH]nc(C(=O)Nc2ccc(F)c(Br)c2)c1N. The van der Waals surface area contributed by atoms with Crippen molar-refractivity contribution in [2.24, 2.45) is 0 Å². The van der Waals surface area contributed by atoms with Crippen molar-refractivity contribution >= 4 is 33.2 Å². The van der Waals surface area contributed by atoms with Gasteiger partial charge in [0.25, 0.3) is 5.91 Å². The highest BCUT2D eigenvalue weighted by Crippen LogP contribution is 2.24. The molecular formula is C13H14BrFN4O. The Balaban J connectivity index is 2.22. The zero-order chi connectivity index (χ0) is 14.9. The number of anilines is 2. The van der Waals surface area contributed by atoms with Gasteiger partial charge in [0.05, 0.1) is 15.9 Å². The minimum absolute atomic E-state index is 0.133. The van der Waals surface area contributed by atoms with Crippen LogP contribution >= 0.6 is 15.9 Å². The Morgan fingerprint density at radius 3 is 2.75 bits per heavy atom. The van der Waals surface area contributed by atoms with Crippen molar-refractivity contribution in [3.05, 3.63) is 39.9 Å². The van der Waals surface area contributed by atoms with Crippen LogP contribution < -0.4 is 11.1 Å². The van der Waals surface area contributed by atoms with Crippen molar-refractivity contribution in [3.8, 4) is 0 Å². The van der Waals surface area contributed by atoms with E-state index in [9.17, 15) is 9.18 Å². The van der Waals surface area contributed by atoms with Crippen LogP contribution in [0.4, 0.5) is 15.8 Å². The van der Waals surface area contributed by atoms with Crippen LogP contribution in [0.15, 0.2) is 22.7 Å². The first-order chi connectivity index (χ1) is 9.40. The number of carbonyl (C=O) groups is 1. The normalized spacial score (nSPS) is 10.8. The molecule has 0 aliphatic rings. The maximum Gasteiger partial charge on any atom is 0.278 e. The molecule has 0 aliphatic heterocycles. The first-order valence-electron chi connectivity index (χ1n) is 6.00. The monoisotopic (exact) mass is 340 g/mol. The largest absolute Gasteiger partial charge is 0.395 e. The Morgan fingerprint density at radius 1 is 1.50 bits per heavy atom. The molecule has 0 bridgehead atoms. The van der Waals surface area contributed by atoms with E-state index in [0.717, 1.165) is 5.69 Å². The molecule has 1 heterocycles. The molecule has 0 unspecified atom stereocenters. The third kappa shape index (κ3) is 2.82. The van der Waals surface area contributed by atoms with E-state index in [1.54, 1.807) is 0 Å². The van der Waals surface area contributed by atoms with Gasteiger partial charge in [-0.25, -0.2) is 4.39 Å². The standard InChI is InChI=1S/C13H14BrFN4O/c1-6(2)11-10(16)12(19-18-11)13(20)17-7-3-4-9(15)8(14)5-7/h3-6H,16H2,1-2H3,(H,17,20)(H,18,19). The number of benzene rings is 1. The van der Waals surface area contributed by atoms with Crippen LogP contribution in [0.25, 0.3) is 0 Å². The summed E-state index contributed by atoms with van der Waals surface area (Å²) in [6, 6.07) is 4.19. The van der Waals surface area contributed by atoms with Gasteiger partial charge in [-0.05, 0) is 40.0 Å². The molecule has 1 amide bonds. The second kappa shape index (κ2) is 5.62. The third-order valence-electron chi connectivity index (χ3n) is 2.80. The zero-order valence-electron chi connectivity index (χ0n) is 11.0. The lowest BCUT2D eigenvalue weighted by Gasteiger charge is -2.06. The molecular weight excluding hydrogens is 327 g/mol. The van der Waals surface area contributed by atoms with E-state index in [2.05, 4.69) is 31.4 Å². The molecule has 106 valence electrons. The average molecular weight is 341 g/mol. The van der Waals surface area contributed by atoms with Gasteiger partial charge in [0.2, 0.25) is 0 Å². The Labute approximate surface area is 123 Å². The summed E-state index contributed by atoms with van der Waals surface area (Å²) in [5.41, 5.74) is 7.53. The van der Waals surface area contributed by atoms with Crippen molar-refractivity contribution in [2.45, 2.75) is 19.8 Å². The second-order valence-electron chi connectivity index (χ2n) is 4.64. The van der Waals surface area contributed by atoms with Crippen LogP contribution in [-0.4, -0.2) is 16.1 Å². The van der Waals surface area contributed by atoms with E-state index in [1.165, 1.54) is 18.2 Å². The number of halogens is 2. The maximum absolute atomic E-state index is 13.1. The van der Waals surface area contributed by atoms with Crippen molar-refractivity contribution in [3.63, 3.8) is 0 Å². The number of aromatic amines is 1. The first kappa shape index (κ1) is 14.5. The summed E-state index contributed by atoms with van der Waals surface area (Å²) >= 11 is 3.06. The number of rotatable bonds is 3. The van der Waals surface area contributed by atoms with E-state index < -0.39 is 11.7 Å². The summed E-state index contributed by atoms with van der Waals surface area (Å²) in [7, 11) is 0. The van der Waals surface area contributed by atoms with E-state index in [1.807, 2.05) is 13.8 Å². The number of nitrogens with zero attached hydrogens (tertiary/aromatic N) is 1. The summed E-state index contributed by atoms with van der Waals surface area (Å²) in [4.78, 5) is 12.1. The average Bonchev–Trinajstić information content (AvgIpc) is 2.76. The summed E-state index contributed by atoms with van der Waals surface area (Å²) < 4.78 is 13.4. The van der Waals surface area contributed by atoms with Crippen LogP contribution in [0.1, 0.15) is 35.9 Å². The number of hydrogen-bond acceptors (Lipinski definition) is 3. The van der Waals surface area contributed by atoms with E-state index in [-0.39, 0.29) is 16.1 Å². The molecule has 2 aromatic rings. The molecule has 0 spiro atoms. The van der Waals surface area contributed by atoms with Gasteiger partial charge in [-0.2, -0.15) is 5.10 Å². The summed E-state index contributed by atoms with van der Waals surface area (Å²) in [6.45, 7) is 3.89. The number of nitrogens with one attached hydrogen (secondary N) is 2. The van der Waals surface area contributed by atoms with Crippen molar-refractivity contribution in [2.75, 3.05) is 11.1 Å². The van der Waals surface area contributed by atoms with Gasteiger partial charge in [-0.15, -0.1) is 0 Å². The molecule has 0 saturated carbocycles. The van der Waals surface area contributed by atoms with Gasteiger partial charge < -0.3 is 11.1 Å². The predicted octanol–water partition coefficient (Wildman–Crippen LogP) is 3.27. The quantitative estimate of drug-likeness (QED) is 0.801. The van der Waals surface area contributed by atoms with Gasteiger partial charge >= 0.3 is 0 Å². The van der Waals surface area contributed by atoms with Crippen LogP contribution in [0, 0.1) is 5.82 Å². The van der Waals surface area contributed by atoms with Crippen LogP contribution in [0.5, 0.6) is 0 Å². The minimum Gasteiger partial charge on any atom is -0.395 e. The van der Waals surface area contributed by atoms with Crippen LogP contribution in [-0.2, 0) is 0 Å². The minimum atomic E-state index is -0.441. The molecule has 1 aromatic carbocycles. The summed E-state index contributed by atoms with van der Waals surface area (Å²) in [5, 5.41) is 9.30. The molecule has 7 heteroatoms. The highest BCUT2D eigenvalue weighted by molar-refractivity contribution is 9.10. The molecule has 0 fully saturated rings. The fraction of sp³-hybridized carbons (Fsp3) is 0.231. The highest BCUT2D eigenvalue weighted by atomic mass is 79.9. The van der Waals surface area contributed by atoms with Gasteiger partial charge in [0.1, 0.15) is 5.82 Å². The van der Waals surface area contributed by atoms with Crippen LogP contribution in [0.2, 0.25) is 0 Å².